The molecule has 6 nitrogen and oxygen atoms in total. The molecular formula is C11H15BN4O2. The molecule has 1 unspecified atom stereocenters. The van der Waals surface area contributed by atoms with Crippen molar-refractivity contribution in [1.29, 1.82) is 0 Å². The molecule has 18 heavy (non-hydrogen) atoms. The van der Waals surface area contributed by atoms with Crippen LogP contribution in [-0.4, -0.2) is 63.8 Å². The van der Waals surface area contributed by atoms with E-state index in [4.69, 9.17) is 0 Å². The molecule has 1 N–H and O–H groups in total. The molecule has 3 rings (SSSR count). The van der Waals surface area contributed by atoms with Crippen LogP contribution in [0.2, 0.25) is 6.82 Å². The second-order valence-corrected chi connectivity index (χ2v) is 4.81. The molecule has 94 valence electrons. The summed E-state index contributed by atoms with van der Waals surface area (Å²) in [5.41, 5.74) is 2.09. The maximum atomic E-state index is 11.8. The lowest BCUT2D eigenvalue weighted by molar-refractivity contribution is 0.202. The van der Waals surface area contributed by atoms with E-state index < -0.39 is 7.05 Å². The van der Waals surface area contributed by atoms with Gasteiger partial charge in [-0.15, -0.1) is 0 Å². The number of urea groups is 1. The Morgan fingerprint density at radius 1 is 1.56 bits per heavy atom. The van der Waals surface area contributed by atoms with Gasteiger partial charge in [-0.2, -0.15) is 5.10 Å². The average molecular weight is 246 g/mol. The summed E-state index contributed by atoms with van der Waals surface area (Å²) in [6.45, 7) is 3.05. The lowest BCUT2D eigenvalue weighted by atomic mass is 9.89. The zero-order chi connectivity index (χ0) is 12.9. The molecule has 2 aliphatic rings. The Bertz CT molecular complexity index is 525. The highest BCUT2D eigenvalue weighted by atomic mass is 16.2. The van der Waals surface area contributed by atoms with Crippen molar-refractivity contribution >= 4 is 18.7 Å². The Labute approximate surface area is 106 Å². The molecule has 1 aromatic heterocycles. The third-order valence-corrected chi connectivity index (χ3v) is 3.64. The number of hydrogen-bond acceptors (Lipinski definition) is 3. The van der Waals surface area contributed by atoms with E-state index in [2.05, 4.69) is 11.2 Å². The molecule has 2 amide bonds. The fourth-order valence-electron chi connectivity index (χ4n) is 2.57. The predicted molar refractivity (Wildman–Crippen MR) is 68.0 cm³/mol. The van der Waals surface area contributed by atoms with Crippen LogP contribution in [0.4, 0.5) is 4.79 Å². The van der Waals surface area contributed by atoms with Crippen LogP contribution in [0, 0.1) is 0 Å². The van der Waals surface area contributed by atoms with Crippen molar-refractivity contribution < 1.29 is 9.82 Å². The Balaban J connectivity index is 1.93. The Morgan fingerprint density at radius 2 is 2.33 bits per heavy atom. The van der Waals surface area contributed by atoms with Crippen LogP contribution in [-0.2, 0) is 0 Å². The molecule has 0 aliphatic carbocycles. The minimum atomic E-state index is -0.637. The molecule has 1 fully saturated rings. The van der Waals surface area contributed by atoms with Crippen molar-refractivity contribution in [3.05, 3.63) is 24.0 Å². The van der Waals surface area contributed by atoms with E-state index in [1.807, 2.05) is 18.1 Å². The first-order valence-corrected chi connectivity index (χ1v) is 6.02. The molecular weight excluding hydrogens is 231 g/mol. The maximum Gasteiger partial charge on any atom is 0.431 e. The summed E-state index contributed by atoms with van der Waals surface area (Å²) in [5, 5.41) is 13.6. The number of likely N-dealkylation sites (N-methyl/N-ethyl adjacent to an activating group) is 1. The van der Waals surface area contributed by atoms with E-state index in [0.29, 0.717) is 6.54 Å². The van der Waals surface area contributed by atoms with Crippen molar-refractivity contribution in [2.24, 2.45) is 0 Å². The van der Waals surface area contributed by atoms with Crippen LogP contribution < -0.4 is 0 Å². The standard InChI is InChI=1S/C11H15BN4O2/c1-12(18)16-6-8(5-13-16)9-3-4-15-7-10(9)14(2)11(15)17/h3,5-6,10,18H,4,7H2,1-2H3. The van der Waals surface area contributed by atoms with Gasteiger partial charge in [0.1, 0.15) is 0 Å². The number of carbonyl (C=O) groups is 1. The van der Waals surface area contributed by atoms with Crippen LogP contribution in [0.3, 0.4) is 0 Å². The molecule has 0 aromatic carbocycles. The summed E-state index contributed by atoms with van der Waals surface area (Å²) in [7, 11) is 1.19. The summed E-state index contributed by atoms with van der Waals surface area (Å²) < 4.78 is 1.51. The van der Waals surface area contributed by atoms with Gasteiger partial charge in [-0.3, -0.25) is 4.59 Å². The van der Waals surface area contributed by atoms with Crippen molar-refractivity contribution in [2.75, 3.05) is 20.1 Å². The van der Waals surface area contributed by atoms with Crippen LogP contribution in [0.5, 0.6) is 0 Å². The van der Waals surface area contributed by atoms with Gasteiger partial charge in [-0.1, -0.05) is 6.08 Å². The highest BCUT2D eigenvalue weighted by molar-refractivity contribution is 6.46. The van der Waals surface area contributed by atoms with Gasteiger partial charge in [0, 0.05) is 31.9 Å². The van der Waals surface area contributed by atoms with E-state index >= 15 is 0 Å². The molecule has 2 bridgehead atoms. The third-order valence-electron chi connectivity index (χ3n) is 3.64. The fourth-order valence-corrected chi connectivity index (χ4v) is 2.57. The molecule has 2 aliphatic heterocycles. The molecule has 0 radical (unpaired) electrons. The van der Waals surface area contributed by atoms with Crippen molar-refractivity contribution in [3.63, 3.8) is 0 Å². The van der Waals surface area contributed by atoms with E-state index in [9.17, 15) is 9.82 Å². The highest BCUT2D eigenvalue weighted by Crippen LogP contribution is 2.31. The number of rotatable bonds is 2. The summed E-state index contributed by atoms with van der Waals surface area (Å²) in [6, 6.07) is 0.173. The normalized spacial score (nSPS) is 22.5. The van der Waals surface area contributed by atoms with Crippen molar-refractivity contribution in [3.8, 4) is 0 Å². The van der Waals surface area contributed by atoms with Crippen LogP contribution in [0.15, 0.2) is 18.5 Å². The lowest BCUT2D eigenvalue weighted by Crippen LogP contribution is -2.30. The first kappa shape index (κ1) is 11.3. The number of carbonyl (C=O) groups excluding carboxylic acids is 1. The zero-order valence-corrected chi connectivity index (χ0v) is 10.4. The van der Waals surface area contributed by atoms with Gasteiger partial charge in [0.15, 0.2) is 0 Å². The number of fused-ring (bicyclic) bond motifs is 2. The minimum Gasteiger partial charge on any atom is -0.431 e. The Kier molecular flexibility index (Phi) is 2.44. The second kappa shape index (κ2) is 3.88. The topological polar surface area (TPSA) is 61.6 Å². The number of hydrogen-bond donors (Lipinski definition) is 1. The number of aromatic nitrogens is 2. The summed E-state index contributed by atoms with van der Waals surface area (Å²) in [6.07, 6.45) is 5.63. The third kappa shape index (κ3) is 1.54. The lowest BCUT2D eigenvalue weighted by Gasteiger charge is -2.22. The van der Waals surface area contributed by atoms with Gasteiger partial charge >= 0.3 is 13.1 Å². The van der Waals surface area contributed by atoms with Crippen LogP contribution >= 0.6 is 0 Å². The molecule has 1 saturated heterocycles. The maximum absolute atomic E-state index is 11.8. The summed E-state index contributed by atoms with van der Waals surface area (Å²) in [4.78, 5) is 15.4. The van der Waals surface area contributed by atoms with Gasteiger partial charge in [0.25, 0.3) is 0 Å². The van der Waals surface area contributed by atoms with E-state index in [-0.39, 0.29) is 12.1 Å². The molecule has 7 heteroatoms. The second-order valence-electron chi connectivity index (χ2n) is 4.81. The van der Waals surface area contributed by atoms with Gasteiger partial charge in [-0.05, 0) is 12.4 Å². The van der Waals surface area contributed by atoms with Gasteiger partial charge in [0.05, 0.1) is 12.2 Å². The van der Waals surface area contributed by atoms with Gasteiger partial charge in [-0.25, -0.2) is 4.79 Å². The Hall–Kier alpha value is -1.76. The minimum absolute atomic E-state index is 0.0779. The number of amides is 2. The van der Waals surface area contributed by atoms with Crippen molar-refractivity contribution in [1.82, 2.24) is 19.5 Å². The monoisotopic (exact) mass is 246 g/mol. The van der Waals surface area contributed by atoms with E-state index in [1.165, 1.54) is 4.59 Å². The SMILES string of the molecule is CB(O)n1cc(C2=CCN3CC2N(C)C3=O)cn1. The van der Waals surface area contributed by atoms with E-state index in [0.717, 1.165) is 17.7 Å². The van der Waals surface area contributed by atoms with E-state index in [1.54, 1.807) is 17.9 Å². The first-order valence-electron chi connectivity index (χ1n) is 6.02. The molecule has 0 saturated carbocycles. The molecule has 0 spiro atoms. The Morgan fingerprint density at radius 3 is 3.00 bits per heavy atom. The van der Waals surface area contributed by atoms with Crippen LogP contribution in [0.1, 0.15) is 5.56 Å². The van der Waals surface area contributed by atoms with Gasteiger partial charge in [0.2, 0.25) is 0 Å². The smallest absolute Gasteiger partial charge is 0.431 e. The molecule has 3 heterocycles. The first-order chi connectivity index (χ1) is 8.58. The van der Waals surface area contributed by atoms with Gasteiger partial charge < -0.3 is 14.8 Å². The summed E-state index contributed by atoms with van der Waals surface area (Å²) >= 11 is 0. The average Bonchev–Trinajstić information content (AvgIpc) is 2.92. The zero-order valence-electron chi connectivity index (χ0n) is 10.4. The quantitative estimate of drug-likeness (QED) is 0.745. The predicted octanol–water partition coefficient (Wildman–Crippen LogP) is -0.0255. The molecule has 1 aromatic rings. The van der Waals surface area contributed by atoms with Crippen molar-refractivity contribution in [2.45, 2.75) is 12.9 Å². The highest BCUT2D eigenvalue weighted by Gasteiger charge is 2.39. The molecule has 1 atom stereocenters. The fraction of sp³-hybridized carbons (Fsp3) is 0.455. The number of nitrogens with zero attached hydrogens (tertiary/aromatic N) is 4. The summed E-state index contributed by atoms with van der Waals surface area (Å²) in [5.74, 6) is 0. The largest absolute Gasteiger partial charge is 0.431 e. The van der Waals surface area contributed by atoms with Crippen LogP contribution in [0.25, 0.3) is 5.57 Å².